The standard InChI is InChI=1S/C13H17N7O5S/c1-16-9-12(7-14-16)26(24,25)19-4-2-17(3-5-19)13(21)10-18-8-11(6-15-18)20(22)23/h6-9H,2-5,10H2,1H3. The van der Waals surface area contributed by atoms with Crippen LogP contribution in [0.5, 0.6) is 0 Å². The Balaban J connectivity index is 1.59. The van der Waals surface area contributed by atoms with Crippen molar-refractivity contribution in [2.75, 3.05) is 26.2 Å². The number of nitro groups is 1. The van der Waals surface area contributed by atoms with E-state index in [2.05, 4.69) is 10.2 Å². The lowest BCUT2D eigenvalue weighted by molar-refractivity contribution is -0.385. The predicted molar refractivity (Wildman–Crippen MR) is 87.4 cm³/mol. The molecule has 3 heterocycles. The molecule has 2 aromatic rings. The van der Waals surface area contributed by atoms with Crippen LogP contribution in [0, 0.1) is 10.1 Å². The summed E-state index contributed by atoms with van der Waals surface area (Å²) in [7, 11) is -2.00. The molecule has 1 amide bonds. The highest BCUT2D eigenvalue weighted by atomic mass is 32.2. The van der Waals surface area contributed by atoms with Gasteiger partial charge in [-0.25, -0.2) is 8.42 Å². The molecular formula is C13H17N7O5S. The predicted octanol–water partition coefficient (Wildman–Crippen LogP) is -0.942. The molecule has 0 radical (unpaired) electrons. The zero-order valence-corrected chi connectivity index (χ0v) is 14.7. The SMILES string of the molecule is Cn1cc(S(=O)(=O)N2CCN(C(=O)Cn3cc([N+](=O)[O-])cn3)CC2)cn1. The van der Waals surface area contributed by atoms with Crippen LogP contribution in [0.15, 0.2) is 29.7 Å². The van der Waals surface area contributed by atoms with E-state index < -0.39 is 14.9 Å². The smallest absolute Gasteiger partial charge is 0.307 e. The van der Waals surface area contributed by atoms with Crippen LogP contribution < -0.4 is 0 Å². The number of hydrogen-bond acceptors (Lipinski definition) is 7. The van der Waals surface area contributed by atoms with E-state index in [-0.39, 0.29) is 49.2 Å². The number of carbonyl (C=O) groups excluding carboxylic acids is 1. The Morgan fingerprint density at radius 1 is 1.19 bits per heavy atom. The van der Waals surface area contributed by atoms with Crippen molar-refractivity contribution in [3.63, 3.8) is 0 Å². The van der Waals surface area contributed by atoms with E-state index in [4.69, 9.17) is 0 Å². The first-order chi connectivity index (χ1) is 12.3. The fraction of sp³-hybridized carbons (Fsp3) is 0.462. The lowest BCUT2D eigenvalue weighted by atomic mass is 10.3. The summed E-state index contributed by atoms with van der Waals surface area (Å²) in [4.78, 5) is 24.0. The van der Waals surface area contributed by atoms with Crippen LogP contribution in [-0.2, 0) is 28.4 Å². The number of aromatic nitrogens is 4. The Morgan fingerprint density at radius 3 is 2.42 bits per heavy atom. The summed E-state index contributed by atoms with van der Waals surface area (Å²) < 4.78 is 29.0. The molecule has 0 aromatic carbocycles. The molecule has 0 unspecified atom stereocenters. The molecule has 0 atom stereocenters. The molecule has 1 aliphatic heterocycles. The van der Waals surface area contributed by atoms with Gasteiger partial charge in [0, 0.05) is 39.4 Å². The monoisotopic (exact) mass is 383 g/mol. The number of amides is 1. The normalized spacial score (nSPS) is 16.0. The summed E-state index contributed by atoms with van der Waals surface area (Å²) in [6, 6.07) is 0. The molecule has 2 aromatic heterocycles. The van der Waals surface area contributed by atoms with E-state index >= 15 is 0 Å². The van der Waals surface area contributed by atoms with Crippen LogP contribution in [0.25, 0.3) is 0 Å². The van der Waals surface area contributed by atoms with Gasteiger partial charge in [0.05, 0.1) is 11.1 Å². The van der Waals surface area contributed by atoms with Crippen molar-refractivity contribution < 1.29 is 18.1 Å². The van der Waals surface area contributed by atoms with Gasteiger partial charge >= 0.3 is 5.69 Å². The van der Waals surface area contributed by atoms with Crippen molar-refractivity contribution in [1.29, 1.82) is 0 Å². The summed E-state index contributed by atoms with van der Waals surface area (Å²) in [5.41, 5.74) is -0.190. The maximum atomic E-state index is 12.5. The van der Waals surface area contributed by atoms with Crippen molar-refractivity contribution in [3.8, 4) is 0 Å². The van der Waals surface area contributed by atoms with Gasteiger partial charge in [-0.05, 0) is 0 Å². The number of rotatable bonds is 5. The Hall–Kier alpha value is -2.80. The van der Waals surface area contributed by atoms with Gasteiger partial charge in [0.25, 0.3) is 0 Å². The maximum absolute atomic E-state index is 12.5. The van der Waals surface area contributed by atoms with Crippen molar-refractivity contribution in [2.45, 2.75) is 11.4 Å². The molecular weight excluding hydrogens is 366 g/mol. The number of hydrogen-bond donors (Lipinski definition) is 0. The summed E-state index contributed by atoms with van der Waals surface area (Å²) in [5.74, 6) is -0.276. The first-order valence-corrected chi connectivity index (χ1v) is 9.15. The molecule has 140 valence electrons. The highest BCUT2D eigenvalue weighted by molar-refractivity contribution is 7.89. The zero-order valence-electron chi connectivity index (χ0n) is 13.9. The number of nitrogens with zero attached hydrogens (tertiary/aromatic N) is 7. The number of carbonyl (C=O) groups is 1. The van der Waals surface area contributed by atoms with Crippen molar-refractivity contribution in [1.82, 2.24) is 28.8 Å². The minimum Gasteiger partial charge on any atom is -0.338 e. The van der Waals surface area contributed by atoms with Crippen LogP contribution in [0.1, 0.15) is 0 Å². The molecule has 0 aliphatic carbocycles. The van der Waals surface area contributed by atoms with E-state index in [9.17, 15) is 23.3 Å². The van der Waals surface area contributed by atoms with Crippen LogP contribution in [-0.4, -0.2) is 74.2 Å². The fourth-order valence-corrected chi connectivity index (χ4v) is 4.04. The third kappa shape index (κ3) is 3.57. The van der Waals surface area contributed by atoms with Crippen molar-refractivity contribution >= 4 is 21.6 Å². The molecule has 0 spiro atoms. The number of piperazine rings is 1. The largest absolute Gasteiger partial charge is 0.338 e. The highest BCUT2D eigenvalue weighted by Crippen LogP contribution is 2.17. The molecule has 1 saturated heterocycles. The van der Waals surface area contributed by atoms with Crippen molar-refractivity contribution in [3.05, 3.63) is 34.9 Å². The lowest BCUT2D eigenvalue weighted by Gasteiger charge is -2.33. The van der Waals surface area contributed by atoms with Gasteiger partial charge in [-0.15, -0.1) is 0 Å². The first-order valence-electron chi connectivity index (χ1n) is 7.71. The summed E-state index contributed by atoms with van der Waals surface area (Å²) >= 11 is 0. The number of aryl methyl sites for hydroxylation is 1. The van der Waals surface area contributed by atoms with Gasteiger partial charge in [-0.3, -0.25) is 24.3 Å². The minimum absolute atomic E-state index is 0.114. The highest BCUT2D eigenvalue weighted by Gasteiger charge is 2.31. The third-order valence-corrected chi connectivity index (χ3v) is 5.89. The molecule has 0 N–H and O–H groups in total. The van der Waals surface area contributed by atoms with E-state index in [1.54, 1.807) is 7.05 Å². The van der Waals surface area contributed by atoms with Gasteiger partial charge < -0.3 is 4.90 Å². The van der Waals surface area contributed by atoms with E-state index in [0.717, 1.165) is 6.20 Å². The van der Waals surface area contributed by atoms with Gasteiger partial charge in [0.15, 0.2) is 0 Å². The van der Waals surface area contributed by atoms with Crippen molar-refractivity contribution in [2.24, 2.45) is 7.05 Å². The average Bonchev–Trinajstić information content (AvgIpc) is 3.24. The second-order valence-electron chi connectivity index (χ2n) is 5.79. The van der Waals surface area contributed by atoms with Gasteiger partial charge in [-0.2, -0.15) is 14.5 Å². The minimum atomic E-state index is -3.64. The van der Waals surface area contributed by atoms with Gasteiger partial charge in [0.1, 0.15) is 23.8 Å². The van der Waals surface area contributed by atoms with Crippen LogP contribution in [0.2, 0.25) is 0 Å². The second kappa shape index (κ2) is 6.84. The molecule has 0 saturated carbocycles. The quantitative estimate of drug-likeness (QED) is 0.480. The first kappa shape index (κ1) is 18.0. The molecule has 0 bridgehead atoms. The summed E-state index contributed by atoms with van der Waals surface area (Å²) in [5, 5.41) is 18.3. The molecule has 13 heteroatoms. The van der Waals surface area contributed by atoms with Crippen LogP contribution in [0.3, 0.4) is 0 Å². The molecule has 26 heavy (non-hydrogen) atoms. The van der Waals surface area contributed by atoms with E-state index in [1.807, 2.05) is 0 Å². The Morgan fingerprint density at radius 2 is 1.88 bits per heavy atom. The fourth-order valence-electron chi connectivity index (χ4n) is 2.63. The zero-order chi connectivity index (χ0) is 18.9. The molecule has 1 fully saturated rings. The van der Waals surface area contributed by atoms with E-state index in [1.165, 1.54) is 37.2 Å². The summed E-state index contributed by atoms with van der Waals surface area (Å²) in [6.07, 6.45) is 4.97. The molecule has 1 aliphatic rings. The summed E-state index contributed by atoms with van der Waals surface area (Å²) in [6.45, 7) is 0.678. The van der Waals surface area contributed by atoms with Gasteiger partial charge in [-0.1, -0.05) is 0 Å². The average molecular weight is 383 g/mol. The Kier molecular flexibility index (Phi) is 4.73. The maximum Gasteiger partial charge on any atom is 0.307 e. The van der Waals surface area contributed by atoms with E-state index in [0.29, 0.717) is 0 Å². The third-order valence-electron chi connectivity index (χ3n) is 4.04. The van der Waals surface area contributed by atoms with Crippen LogP contribution >= 0.6 is 0 Å². The topological polar surface area (TPSA) is 136 Å². The molecule has 3 rings (SSSR count). The number of sulfonamides is 1. The Labute approximate surface area is 148 Å². The second-order valence-corrected chi connectivity index (χ2v) is 7.73. The Bertz CT molecular complexity index is 926. The molecule has 12 nitrogen and oxygen atoms in total. The van der Waals surface area contributed by atoms with Gasteiger partial charge in [0.2, 0.25) is 15.9 Å². The lowest BCUT2D eigenvalue weighted by Crippen LogP contribution is -2.51. The van der Waals surface area contributed by atoms with Crippen LogP contribution in [0.4, 0.5) is 5.69 Å².